The van der Waals surface area contributed by atoms with Gasteiger partial charge in [-0.1, -0.05) is 30.3 Å². The zero-order chi connectivity index (χ0) is 16.5. The number of thioether (sulfide) groups is 1. The fraction of sp³-hybridized carbons (Fsp3) is 0.235. The Morgan fingerprint density at radius 2 is 1.91 bits per heavy atom. The molecule has 0 fully saturated rings. The van der Waals surface area contributed by atoms with Crippen molar-refractivity contribution in [2.45, 2.75) is 10.6 Å². The molecule has 6 heteroatoms. The monoisotopic (exact) mass is 348 g/mol. The quantitative estimate of drug-likeness (QED) is 0.805. The molecule has 122 valence electrons. The average molecular weight is 348 g/mol. The van der Waals surface area contributed by atoms with Gasteiger partial charge in [0.2, 0.25) is 0 Å². The zero-order valence-corrected chi connectivity index (χ0v) is 14.6. The van der Waals surface area contributed by atoms with Crippen LogP contribution in [0.4, 0.5) is 10.5 Å². The first-order valence-corrected chi connectivity index (χ1v) is 9.96. The molecule has 2 rings (SSSR count). The average Bonchev–Trinajstić information content (AvgIpc) is 2.56. The Balaban J connectivity index is 1.77. The van der Waals surface area contributed by atoms with Gasteiger partial charge in [-0.25, -0.2) is 4.79 Å². The second kappa shape index (κ2) is 9.37. The molecule has 2 aromatic rings. The van der Waals surface area contributed by atoms with Gasteiger partial charge in [0, 0.05) is 28.6 Å². The van der Waals surface area contributed by atoms with Crippen molar-refractivity contribution >= 4 is 34.3 Å². The van der Waals surface area contributed by atoms with Crippen molar-refractivity contribution < 1.29 is 9.00 Å². The molecule has 2 amide bonds. The summed E-state index contributed by atoms with van der Waals surface area (Å²) < 4.78 is 12.0. The molecule has 2 N–H and O–H groups in total. The molecule has 0 aromatic heterocycles. The van der Waals surface area contributed by atoms with Gasteiger partial charge in [-0.05, 0) is 36.1 Å². The number of amides is 2. The lowest BCUT2D eigenvalue weighted by atomic mass is 10.2. The number of hydrogen-bond acceptors (Lipinski definition) is 3. The van der Waals surface area contributed by atoms with E-state index in [0.29, 0.717) is 12.3 Å². The van der Waals surface area contributed by atoms with Gasteiger partial charge in [0.1, 0.15) is 0 Å². The van der Waals surface area contributed by atoms with Crippen LogP contribution in [0.5, 0.6) is 0 Å². The second-order valence-electron chi connectivity index (χ2n) is 4.88. The molecule has 1 atom stereocenters. The molecule has 0 aliphatic heterocycles. The van der Waals surface area contributed by atoms with Gasteiger partial charge in [0.15, 0.2) is 0 Å². The van der Waals surface area contributed by atoms with Crippen molar-refractivity contribution in [1.29, 1.82) is 0 Å². The summed E-state index contributed by atoms with van der Waals surface area (Å²) in [7, 11) is -1.10. The summed E-state index contributed by atoms with van der Waals surface area (Å²) in [5.41, 5.74) is 1.93. The normalized spacial score (nSPS) is 11.7. The summed E-state index contributed by atoms with van der Waals surface area (Å²) in [6.07, 6.45) is 2.04. The number of urea groups is 1. The summed E-state index contributed by atoms with van der Waals surface area (Å²) in [5, 5.41) is 5.53. The van der Waals surface area contributed by atoms with Crippen molar-refractivity contribution in [1.82, 2.24) is 5.32 Å². The van der Waals surface area contributed by atoms with Crippen LogP contribution in [-0.4, -0.2) is 28.8 Å². The number of rotatable bonds is 7. The first-order chi connectivity index (χ1) is 11.2. The van der Waals surface area contributed by atoms with Gasteiger partial charge in [0.25, 0.3) is 0 Å². The third-order valence-electron chi connectivity index (χ3n) is 3.07. The van der Waals surface area contributed by atoms with E-state index in [1.54, 1.807) is 11.8 Å². The first kappa shape index (κ1) is 17.6. The Bertz CT molecular complexity index is 663. The molecular formula is C17H20N2O2S2. The Morgan fingerprint density at radius 1 is 1.13 bits per heavy atom. The van der Waals surface area contributed by atoms with Crippen molar-refractivity contribution in [3.8, 4) is 0 Å². The number of hydrogen-bond donors (Lipinski definition) is 2. The van der Waals surface area contributed by atoms with Crippen LogP contribution in [0.25, 0.3) is 0 Å². The molecule has 0 spiro atoms. The number of nitrogens with one attached hydrogen (secondary N) is 2. The smallest absolute Gasteiger partial charge is 0.319 e. The molecule has 0 saturated heterocycles. The van der Waals surface area contributed by atoms with Crippen molar-refractivity contribution in [2.24, 2.45) is 0 Å². The number of carbonyl (C=O) groups is 1. The minimum Gasteiger partial charge on any atom is -0.337 e. The van der Waals surface area contributed by atoms with Crippen LogP contribution in [-0.2, 0) is 16.6 Å². The lowest BCUT2D eigenvalue weighted by Gasteiger charge is -2.09. The van der Waals surface area contributed by atoms with Crippen LogP contribution in [0.1, 0.15) is 5.56 Å². The molecule has 23 heavy (non-hydrogen) atoms. The highest BCUT2D eigenvalue weighted by atomic mass is 32.2. The SMILES string of the molecule is CSCc1cccc(NC(=O)NCC[S@@](=O)c2ccccc2)c1. The van der Waals surface area contributed by atoms with Crippen LogP contribution in [0.15, 0.2) is 59.5 Å². The van der Waals surface area contributed by atoms with E-state index in [2.05, 4.69) is 10.6 Å². The highest BCUT2D eigenvalue weighted by Crippen LogP contribution is 2.14. The zero-order valence-electron chi connectivity index (χ0n) is 13.0. The van der Waals surface area contributed by atoms with Crippen LogP contribution in [0.2, 0.25) is 0 Å². The van der Waals surface area contributed by atoms with Gasteiger partial charge >= 0.3 is 6.03 Å². The number of carbonyl (C=O) groups excluding carboxylic acids is 1. The van der Waals surface area contributed by atoms with E-state index in [1.165, 1.54) is 5.56 Å². The van der Waals surface area contributed by atoms with Crippen molar-refractivity contribution in [3.63, 3.8) is 0 Å². The maximum atomic E-state index is 12.0. The minimum absolute atomic E-state index is 0.281. The Kier molecular flexibility index (Phi) is 7.16. The van der Waals surface area contributed by atoms with E-state index >= 15 is 0 Å². The van der Waals surface area contributed by atoms with E-state index in [9.17, 15) is 9.00 Å². The lowest BCUT2D eigenvalue weighted by molar-refractivity contribution is 0.252. The molecule has 0 unspecified atom stereocenters. The third-order valence-corrected chi connectivity index (χ3v) is 5.07. The fourth-order valence-corrected chi connectivity index (χ4v) is 3.52. The molecule has 0 saturated carbocycles. The Morgan fingerprint density at radius 3 is 2.65 bits per heavy atom. The fourth-order valence-electron chi connectivity index (χ4n) is 2.03. The highest BCUT2D eigenvalue weighted by Gasteiger charge is 2.05. The maximum Gasteiger partial charge on any atom is 0.319 e. The maximum absolute atomic E-state index is 12.0. The van der Waals surface area contributed by atoms with Crippen molar-refractivity contribution in [2.75, 3.05) is 23.9 Å². The second-order valence-corrected chi connectivity index (χ2v) is 7.31. The molecule has 4 nitrogen and oxygen atoms in total. The van der Waals surface area contributed by atoms with Crippen LogP contribution in [0, 0.1) is 0 Å². The van der Waals surface area contributed by atoms with E-state index in [4.69, 9.17) is 0 Å². The lowest BCUT2D eigenvalue weighted by Crippen LogP contribution is -2.31. The number of anilines is 1. The van der Waals surface area contributed by atoms with Crippen LogP contribution >= 0.6 is 11.8 Å². The van der Waals surface area contributed by atoms with Gasteiger partial charge in [-0.15, -0.1) is 0 Å². The molecule has 0 aliphatic rings. The summed E-state index contributed by atoms with van der Waals surface area (Å²) >= 11 is 1.74. The van der Waals surface area contributed by atoms with Gasteiger partial charge < -0.3 is 10.6 Å². The van der Waals surface area contributed by atoms with Crippen LogP contribution < -0.4 is 10.6 Å². The van der Waals surface area contributed by atoms with E-state index < -0.39 is 10.8 Å². The summed E-state index contributed by atoms with van der Waals surface area (Å²) in [4.78, 5) is 12.7. The molecule has 0 aliphatic carbocycles. The molecule has 0 radical (unpaired) electrons. The predicted octanol–water partition coefficient (Wildman–Crippen LogP) is 3.48. The molecule has 0 bridgehead atoms. The molecule has 2 aromatic carbocycles. The van der Waals surface area contributed by atoms with Crippen molar-refractivity contribution in [3.05, 3.63) is 60.2 Å². The van der Waals surface area contributed by atoms with Gasteiger partial charge in [-0.2, -0.15) is 11.8 Å². The summed E-state index contributed by atoms with van der Waals surface area (Å²) in [5.74, 6) is 1.30. The molecule has 0 heterocycles. The number of benzene rings is 2. The van der Waals surface area contributed by atoms with E-state index in [1.807, 2.05) is 60.9 Å². The predicted molar refractivity (Wildman–Crippen MR) is 98.4 cm³/mol. The Hall–Kier alpha value is -1.79. The topological polar surface area (TPSA) is 58.2 Å². The third kappa shape index (κ3) is 6.08. The largest absolute Gasteiger partial charge is 0.337 e. The van der Waals surface area contributed by atoms with Gasteiger partial charge in [-0.3, -0.25) is 4.21 Å². The van der Waals surface area contributed by atoms with Crippen LogP contribution in [0.3, 0.4) is 0 Å². The summed E-state index contributed by atoms with van der Waals surface area (Å²) in [6.45, 7) is 0.359. The Labute approximate surface area is 143 Å². The van der Waals surface area contributed by atoms with E-state index in [0.717, 1.165) is 16.3 Å². The first-order valence-electron chi connectivity index (χ1n) is 7.25. The minimum atomic E-state index is -1.10. The van der Waals surface area contributed by atoms with Gasteiger partial charge in [0.05, 0.1) is 10.8 Å². The highest BCUT2D eigenvalue weighted by molar-refractivity contribution is 7.97. The molecular weight excluding hydrogens is 328 g/mol. The summed E-state index contributed by atoms with van der Waals surface area (Å²) in [6, 6.07) is 16.7. The van der Waals surface area contributed by atoms with E-state index in [-0.39, 0.29) is 6.03 Å². The standard InChI is InChI=1S/C17H20N2O2S2/c1-22-13-14-6-5-7-15(12-14)19-17(20)18-10-11-23(21)16-8-3-2-4-9-16/h2-9,12H,10-11,13H2,1H3,(H2,18,19,20)/t23-/m1/s1.